The van der Waals surface area contributed by atoms with Gasteiger partial charge in [-0.15, -0.1) is 0 Å². The van der Waals surface area contributed by atoms with Crippen LogP contribution < -0.4 is 9.47 Å². The van der Waals surface area contributed by atoms with Crippen molar-refractivity contribution in [3.63, 3.8) is 0 Å². The normalized spacial score (nSPS) is 10.3. The van der Waals surface area contributed by atoms with Gasteiger partial charge in [0.05, 0.1) is 19.8 Å². The van der Waals surface area contributed by atoms with Crippen LogP contribution in [0.25, 0.3) is 0 Å². The summed E-state index contributed by atoms with van der Waals surface area (Å²) in [5, 5.41) is 19.1. The molecule has 0 saturated heterocycles. The second kappa shape index (κ2) is 6.85. The zero-order chi connectivity index (χ0) is 16.1. The number of rotatable bonds is 6. The molecular formula is C17H18O5. The quantitative estimate of drug-likeness (QED) is 0.634. The molecule has 22 heavy (non-hydrogen) atoms. The van der Waals surface area contributed by atoms with Crippen molar-refractivity contribution in [3.05, 3.63) is 47.5 Å². The molecule has 116 valence electrons. The maximum Gasteiger partial charge on any atom is 0.167 e. The Morgan fingerprint density at radius 3 is 2.50 bits per heavy atom. The SMILES string of the molecule is COc1ccc(CCC(=O)c2cc(O)ccc2O)c(OC)c1. The summed E-state index contributed by atoms with van der Waals surface area (Å²) in [5.41, 5.74) is 0.990. The summed E-state index contributed by atoms with van der Waals surface area (Å²) in [7, 11) is 3.13. The summed E-state index contributed by atoms with van der Waals surface area (Å²) < 4.78 is 10.4. The molecule has 5 heteroatoms. The van der Waals surface area contributed by atoms with Crippen molar-refractivity contribution in [1.29, 1.82) is 0 Å². The first kappa shape index (κ1) is 15.7. The third-order valence-electron chi connectivity index (χ3n) is 3.40. The summed E-state index contributed by atoms with van der Waals surface area (Å²) in [6, 6.07) is 9.30. The van der Waals surface area contributed by atoms with Crippen molar-refractivity contribution in [1.82, 2.24) is 0 Å². The molecule has 0 atom stereocenters. The molecule has 2 aromatic carbocycles. The highest BCUT2D eigenvalue weighted by atomic mass is 16.5. The van der Waals surface area contributed by atoms with Crippen LogP contribution in [0.4, 0.5) is 0 Å². The van der Waals surface area contributed by atoms with Crippen LogP contribution in [0.2, 0.25) is 0 Å². The Bertz CT molecular complexity index is 679. The van der Waals surface area contributed by atoms with Crippen LogP contribution in [0.5, 0.6) is 23.0 Å². The minimum atomic E-state index is -0.244. The lowest BCUT2D eigenvalue weighted by atomic mass is 10.0. The van der Waals surface area contributed by atoms with E-state index in [0.29, 0.717) is 17.9 Å². The topological polar surface area (TPSA) is 76.0 Å². The number of carbonyl (C=O) groups is 1. The van der Waals surface area contributed by atoms with Crippen LogP contribution >= 0.6 is 0 Å². The molecule has 0 aliphatic rings. The molecule has 0 fully saturated rings. The summed E-state index contributed by atoms with van der Waals surface area (Å²) >= 11 is 0. The zero-order valence-corrected chi connectivity index (χ0v) is 12.5. The Hall–Kier alpha value is -2.69. The molecule has 0 unspecified atom stereocenters. The Balaban J connectivity index is 2.12. The first-order valence-corrected chi connectivity index (χ1v) is 6.81. The molecule has 0 amide bonds. The highest BCUT2D eigenvalue weighted by molar-refractivity contribution is 5.99. The molecule has 0 radical (unpaired) electrons. The summed E-state index contributed by atoms with van der Waals surface area (Å²) in [4.78, 5) is 12.2. The summed E-state index contributed by atoms with van der Waals surface area (Å²) in [6.07, 6.45) is 0.654. The number of benzene rings is 2. The molecule has 0 spiro atoms. The van der Waals surface area contributed by atoms with E-state index in [-0.39, 0.29) is 29.3 Å². The van der Waals surface area contributed by atoms with Crippen LogP contribution in [-0.2, 0) is 6.42 Å². The minimum Gasteiger partial charge on any atom is -0.508 e. The molecule has 5 nitrogen and oxygen atoms in total. The molecule has 0 aliphatic heterocycles. The van der Waals surface area contributed by atoms with Crippen molar-refractivity contribution in [3.8, 4) is 23.0 Å². The molecule has 0 saturated carbocycles. The van der Waals surface area contributed by atoms with Gasteiger partial charge in [0, 0.05) is 12.5 Å². The van der Waals surface area contributed by atoms with Gasteiger partial charge in [-0.3, -0.25) is 4.79 Å². The first-order chi connectivity index (χ1) is 10.5. The molecule has 0 bridgehead atoms. The average molecular weight is 302 g/mol. The number of aromatic hydroxyl groups is 2. The number of phenols is 2. The standard InChI is InChI=1S/C17H18O5/c1-21-13-6-3-11(17(10-13)22-2)4-7-15(19)14-9-12(18)5-8-16(14)20/h3,5-6,8-10,18,20H,4,7H2,1-2H3. The molecule has 2 N–H and O–H groups in total. The van der Waals surface area contributed by atoms with Gasteiger partial charge in [-0.1, -0.05) is 6.07 Å². The van der Waals surface area contributed by atoms with E-state index >= 15 is 0 Å². The highest BCUT2D eigenvalue weighted by Gasteiger charge is 2.14. The Morgan fingerprint density at radius 2 is 1.82 bits per heavy atom. The van der Waals surface area contributed by atoms with E-state index in [0.717, 1.165) is 5.56 Å². The fourth-order valence-corrected chi connectivity index (χ4v) is 2.19. The number of Topliss-reactive ketones (excluding diaryl/α,β-unsaturated/α-hetero) is 1. The molecule has 0 aliphatic carbocycles. The van der Waals surface area contributed by atoms with Crippen molar-refractivity contribution in [2.45, 2.75) is 12.8 Å². The fourth-order valence-electron chi connectivity index (χ4n) is 2.19. The van der Waals surface area contributed by atoms with E-state index in [1.807, 2.05) is 6.07 Å². The number of aryl methyl sites for hydroxylation is 1. The largest absolute Gasteiger partial charge is 0.508 e. The number of methoxy groups -OCH3 is 2. The van der Waals surface area contributed by atoms with E-state index in [2.05, 4.69) is 0 Å². The second-order valence-electron chi connectivity index (χ2n) is 4.80. The van der Waals surface area contributed by atoms with E-state index in [9.17, 15) is 15.0 Å². The van der Waals surface area contributed by atoms with Gasteiger partial charge in [0.1, 0.15) is 23.0 Å². The van der Waals surface area contributed by atoms with Gasteiger partial charge in [-0.05, 0) is 36.2 Å². The molecule has 0 heterocycles. The molecule has 0 aromatic heterocycles. The molecule has 2 aromatic rings. The number of hydrogen-bond donors (Lipinski definition) is 2. The van der Waals surface area contributed by atoms with E-state index < -0.39 is 0 Å². The minimum absolute atomic E-state index is 0.0526. The lowest BCUT2D eigenvalue weighted by Crippen LogP contribution is -2.03. The second-order valence-corrected chi connectivity index (χ2v) is 4.80. The number of phenolic OH excluding ortho intramolecular Hbond substituents is 2. The van der Waals surface area contributed by atoms with Crippen molar-refractivity contribution >= 4 is 5.78 Å². The highest BCUT2D eigenvalue weighted by Crippen LogP contribution is 2.27. The van der Waals surface area contributed by atoms with E-state index in [1.165, 1.54) is 18.2 Å². The Kier molecular flexibility index (Phi) is 4.88. The first-order valence-electron chi connectivity index (χ1n) is 6.81. The Labute approximate surface area is 128 Å². The van der Waals surface area contributed by atoms with Crippen LogP contribution in [0.3, 0.4) is 0 Å². The number of ketones is 1. The predicted octanol–water partition coefficient (Wildman–Crippen LogP) is 2.93. The third kappa shape index (κ3) is 3.49. The third-order valence-corrected chi connectivity index (χ3v) is 3.40. The maximum atomic E-state index is 12.2. The van der Waals surface area contributed by atoms with Crippen LogP contribution in [0.1, 0.15) is 22.3 Å². The summed E-state index contributed by atoms with van der Waals surface area (Å²) in [6.45, 7) is 0. The van der Waals surface area contributed by atoms with Crippen LogP contribution in [0, 0.1) is 0 Å². The van der Waals surface area contributed by atoms with Gasteiger partial charge >= 0.3 is 0 Å². The smallest absolute Gasteiger partial charge is 0.167 e. The fraction of sp³-hybridized carbons (Fsp3) is 0.235. The number of ether oxygens (including phenoxy) is 2. The van der Waals surface area contributed by atoms with Crippen LogP contribution in [-0.4, -0.2) is 30.2 Å². The zero-order valence-electron chi connectivity index (χ0n) is 12.5. The van der Waals surface area contributed by atoms with Gasteiger partial charge in [-0.2, -0.15) is 0 Å². The predicted molar refractivity (Wildman–Crippen MR) is 82.0 cm³/mol. The van der Waals surface area contributed by atoms with Crippen molar-refractivity contribution < 1.29 is 24.5 Å². The van der Waals surface area contributed by atoms with Gasteiger partial charge in [0.25, 0.3) is 0 Å². The average Bonchev–Trinajstić information content (AvgIpc) is 2.54. The van der Waals surface area contributed by atoms with Gasteiger partial charge in [0.15, 0.2) is 5.78 Å². The lowest BCUT2D eigenvalue weighted by molar-refractivity contribution is 0.0979. The maximum absolute atomic E-state index is 12.2. The van der Waals surface area contributed by atoms with Crippen molar-refractivity contribution in [2.75, 3.05) is 14.2 Å². The van der Waals surface area contributed by atoms with Crippen molar-refractivity contribution in [2.24, 2.45) is 0 Å². The summed E-state index contributed by atoms with van der Waals surface area (Å²) in [5.74, 6) is 0.892. The molecular weight excluding hydrogens is 284 g/mol. The van der Waals surface area contributed by atoms with Gasteiger partial charge in [-0.25, -0.2) is 0 Å². The van der Waals surface area contributed by atoms with Gasteiger partial charge < -0.3 is 19.7 Å². The molecule has 2 rings (SSSR count). The number of carbonyl (C=O) groups excluding carboxylic acids is 1. The monoisotopic (exact) mass is 302 g/mol. The lowest BCUT2D eigenvalue weighted by Gasteiger charge is -2.10. The Morgan fingerprint density at radius 1 is 1.05 bits per heavy atom. The van der Waals surface area contributed by atoms with Gasteiger partial charge in [0.2, 0.25) is 0 Å². The number of hydrogen-bond acceptors (Lipinski definition) is 5. The van der Waals surface area contributed by atoms with Crippen LogP contribution in [0.15, 0.2) is 36.4 Å². The van der Waals surface area contributed by atoms with E-state index in [1.54, 1.807) is 26.4 Å². The van der Waals surface area contributed by atoms with E-state index in [4.69, 9.17) is 9.47 Å².